The number of piperidine rings is 1. The van der Waals surface area contributed by atoms with E-state index >= 15 is 0 Å². The first-order valence-electron chi connectivity index (χ1n) is 8.84. The Morgan fingerprint density at radius 1 is 1.36 bits per heavy atom. The second kappa shape index (κ2) is 6.71. The van der Waals surface area contributed by atoms with E-state index in [4.69, 9.17) is 9.47 Å². The summed E-state index contributed by atoms with van der Waals surface area (Å²) in [7, 11) is 0. The van der Waals surface area contributed by atoms with Crippen LogP contribution in [0.4, 0.5) is 0 Å². The highest BCUT2D eigenvalue weighted by Crippen LogP contribution is 2.40. The molecule has 4 rings (SSSR count). The average molecular weight is 361 g/mol. The van der Waals surface area contributed by atoms with Crippen molar-refractivity contribution in [3.63, 3.8) is 0 Å². The van der Waals surface area contributed by atoms with E-state index in [9.17, 15) is 4.79 Å². The van der Waals surface area contributed by atoms with Gasteiger partial charge >= 0.3 is 0 Å². The molecule has 0 bridgehead atoms. The maximum absolute atomic E-state index is 13.0. The lowest BCUT2D eigenvalue weighted by Crippen LogP contribution is -2.39. The molecule has 134 valence electrons. The summed E-state index contributed by atoms with van der Waals surface area (Å²) >= 11 is 1.41. The number of amides is 1. The van der Waals surface area contributed by atoms with Crippen molar-refractivity contribution >= 4 is 17.2 Å². The van der Waals surface area contributed by atoms with Gasteiger partial charge in [0.25, 0.3) is 5.91 Å². The second-order valence-electron chi connectivity index (χ2n) is 6.83. The first-order chi connectivity index (χ1) is 12.1. The fourth-order valence-electron chi connectivity index (χ4n) is 3.60. The number of nitrogens with zero attached hydrogens (tertiary/aromatic N) is 3. The Morgan fingerprint density at radius 2 is 2.20 bits per heavy atom. The number of likely N-dealkylation sites (tertiary alicyclic amines) is 1. The molecule has 2 aromatic heterocycles. The van der Waals surface area contributed by atoms with Crippen LogP contribution in [0.1, 0.15) is 54.1 Å². The maximum Gasteiger partial charge on any atom is 0.267 e. The van der Waals surface area contributed by atoms with Crippen LogP contribution in [0.15, 0.2) is 17.8 Å². The third-order valence-corrected chi connectivity index (χ3v) is 5.75. The third kappa shape index (κ3) is 3.01. The van der Waals surface area contributed by atoms with Gasteiger partial charge in [0.05, 0.1) is 0 Å². The van der Waals surface area contributed by atoms with Crippen LogP contribution < -0.4 is 9.47 Å². The SMILES string of the molecule is CC(C)n1ccnc1[C@H]1CCCN(C(=O)c2scc3c2OCCO3)C1. The van der Waals surface area contributed by atoms with Crippen LogP contribution in [-0.2, 0) is 0 Å². The minimum Gasteiger partial charge on any atom is -0.485 e. The molecule has 0 aromatic carbocycles. The molecule has 1 atom stereocenters. The molecule has 25 heavy (non-hydrogen) atoms. The fourth-order valence-corrected chi connectivity index (χ4v) is 4.50. The summed E-state index contributed by atoms with van der Waals surface area (Å²) in [6.45, 7) is 6.85. The summed E-state index contributed by atoms with van der Waals surface area (Å²) in [4.78, 5) is 20.2. The van der Waals surface area contributed by atoms with Crippen LogP contribution in [0, 0.1) is 0 Å². The molecule has 2 aliphatic heterocycles. The lowest BCUT2D eigenvalue weighted by molar-refractivity contribution is 0.0699. The topological polar surface area (TPSA) is 56.6 Å². The van der Waals surface area contributed by atoms with Gasteiger partial charge in [-0.05, 0) is 26.7 Å². The minimum absolute atomic E-state index is 0.0455. The van der Waals surface area contributed by atoms with Gasteiger partial charge in [-0.3, -0.25) is 4.79 Å². The van der Waals surface area contributed by atoms with Crippen LogP contribution in [0.2, 0.25) is 0 Å². The first-order valence-corrected chi connectivity index (χ1v) is 9.72. The van der Waals surface area contributed by atoms with Crippen LogP contribution in [-0.4, -0.2) is 46.7 Å². The average Bonchev–Trinajstić information content (AvgIpc) is 3.28. The Labute approximate surface area is 151 Å². The summed E-state index contributed by atoms with van der Waals surface area (Å²) in [5, 5.41) is 1.87. The molecule has 1 saturated heterocycles. The van der Waals surface area contributed by atoms with Crippen molar-refractivity contribution in [2.24, 2.45) is 0 Å². The molecule has 0 spiro atoms. The van der Waals surface area contributed by atoms with Crippen LogP contribution in [0.3, 0.4) is 0 Å². The molecule has 2 aliphatic rings. The molecular formula is C18H23N3O3S. The summed E-state index contributed by atoms with van der Waals surface area (Å²) in [6, 6.07) is 0.374. The quantitative estimate of drug-likeness (QED) is 0.842. The van der Waals surface area contributed by atoms with Gasteiger partial charge in [0.15, 0.2) is 11.5 Å². The van der Waals surface area contributed by atoms with Crippen LogP contribution >= 0.6 is 11.3 Å². The lowest BCUT2D eigenvalue weighted by Gasteiger charge is -2.33. The maximum atomic E-state index is 13.0. The van der Waals surface area contributed by atoms with Gasteiger partial charge in [0.2, 0.25) is 0 Å². The van der Waals surface area contributed by atoms with Gasteiger partial charge < -0.3 is 18.9 Å². The summed E-state index contributed by atoms with van der Waals surface area (Å²) in [6.07, 6.45) is 5.94. The number of hydrogen-bond acceptors (Lipinski definition) is 5. The number of imidazole rings is 1. The monoisotopic (exact) mass is 361 g/mol. The minimum atomic E-state index is 0.0455. The molecule has 6 nitrogen and oxygen atoms in total. The van der Waals surface area contributed by atoms with Crippen molar-refractivity contribution in [3.05, 3.63) is 28.5 Å². The summed E-state index contributed by atoms with van der Waals surface area (Å²) < 4.78 is 13.5. The zero-order valence-electron chi connectivity index (χ0n) is 14.6. The van der Waals surface area contributed by atoms with E-state index in [1.54, 1.807) is 0 Å². The molecule has 0 unspecified atom stereocenters. The highest BCUT2D eigenvalue weighted by molar-refractivity contribution is 7.12. The van der Waals surface area contributed by atoms with Crippen LogP contribution in [0.5, 0.6) is 11.5 Å². The van der Waals surface area contributed by atoms with E-state index in [0.29, 0.717) is 42.2 Å². The highest BCUT2D eigenvalue weighted by atomic mass is 32.1. The molecule has 0 aliphatic carbocycles. The molecule has 4 heterocycles. The zero-order valence-corrected chi connectivity index (χ0v) is 15.4. The van der Waals surface area contributed by atoms with E-state index in [1.165, 1.54) is 11.3 Å². The Morgan fingerprint density at radius 3 is 3.04 bits per heavy atom. The van der Waals surface area contributed by atoms with Gasteiger partial charge in [-0.25, -0.2) is 4.98 Å². The number of thiophene rings is 1. The first kappa shape index (κ1) is 16.4. The normalized spacial score (nSPS) is 20.1. The van der Waals surface area contributed by atoms with Crippen molar-refractivity contribution in [1.82, 2.24) is 14.5 Å². The molecule has 1 amide bonds. The molecule has 7 heteroatoms. The van der Waals surface area contributed by atoms with Crippen molar-refractivity contribution in [2.75, 3.05) is 26.3 Å². The Hall–Kier alpha value is -2.02. The van der Waals surface area contributed by atoms with E-state index in [1.807, 2.05) is 22.7 Å². The highest BCUT2D eigenvalue weighted by Gasteiger charge is 2.32. The number of ether oxygens (including phenoxy) is 2. The lowest BCUT2D eigenvalue weighted by atomic mass is 9.96. The van der Waals surface area contributed by atoms with Gasteiger partial charge in [0.1, 0.15) is 23.9 Å². The Bertz CT molecular complexity index is 767. The summed E-state index contributed by atoms with van der Waals surface area (Å²) in [5.74, 6) is 2.73. The number of carbonyl (C=O) groups is 1. The standard InChI is InChI=1S/C18H23N3O3S/c1-12(2)21-7-5-19-17(21)13-4-3-6-20(10-13)18(22)16-15-14(11-25-16)23-8-9-24-15/h5,7,11-13H,3-4,6,8-10H2,1-2H3/t13-/m0/s1. The second-order valence-corrected chi connectivity index (χ2v) is 7.71. The molecule has 0 radical (unpaired) electrons. The number of aromatic nitrogens is 2. The van der Waals surface area contributed by atoms with Gasteiger partial charge in [-0.15, -0.1) is 11.3 Å². The Kier molecular flexibility index (Phi) is 4.41. The van der Waals surface area contributed by atoms with Crippen molar-refractivity contribution in [1.29, 1.82) is 0 Å². The van der Waals surface area contributed by atoms with Crippen molar-refractivity contribution in [3.8, 4) is 11.5 Å². The smallest absolute Gasteiger partial charge is 0.267 e. The molecular weight excluding hydrogens is 338 g/mol. The van der Waals surface area contributed by atoms with Gasteiger partial charge in [-0.1, -0.05) is 0 Å². The number of rotatable bonds is 3. The largest absolute Gasteiger partial charge is 0.485 e. The van der Waals surface area contributed by atoms with E-state index in [2.05, 4.69) is 23.4 Å². The number of carbonyl (C=O) groups excluding carboxylic acids is 1. The van der Waals surface area contributed by atoms with Gasteiger partial charge in [0, 0.05) is 42.8 Å². The molecule has 2 aromatic rings. The van der Waals surface area contributed by atoms with E-state index in [-0.39, 0.29) is 11.8 Å². The molecule has 0 saturated carbocycles. The number of hydrogen-bond donors (Lipinski definition) is 0. The molecule has 0 N–H and O–H groups in total. The number of fused-ring (bicyclic) bond motifs is 1. The van der Waals surface area contributed by atoms with Crippen molar-refractivity contribution in [2.45, 2.75) is 38.6 Å². The van der Waals surface area contributed by atoms with E-state index in [0.717, 1.165) is 25.2 Å². The van der Waals surface area contributed by atoms with Crippen LogP contribution in [0.25, 0.3) is 0 Å². The third-order valence-electron chi connectivity index (χ3n) is 4.82. The van der Waals surface area contributed by atoms with Gasteiger partial charge in [-0.2, -0.15) is 0 Å². The zero-order chi connectivity index (χ0) is 17.4. The summed E-state index contributed by atoms with van der Waals surface area (Å²) in [5.41, 5.74) is 0. The predicted molar refractivity (Wildman–Crippen MR) is 95.8 cm³/mol. The van der Waals surface area contributed by atoms with E-state index < -0.39 is 0 Å². The van der Waals surface area contributed by atoms with Crippen molar-refractivity contribution < 1.29 is 14.3 Å². The fraction of sp³-hybridized carbons (Fsp3) is 0.556. The predicted octanol–water partition coefficient (Wildman–Crippen LogP) is 3.32. The molecule has 1 fully saturated rings. The Balaban J connectivity index is 1.54.